The lowest BCUT2D eigenvalue weighted by molar-refractivity contribution is 0.144. The van der Waals surface area contributed by atoms with Crippen LogP contribution in [0.25, 0.3) is 0 Å². The van der Waals surface area contributed by atoms with Gasteiger partial charge in [-0.2, -0.15) is 0 Å². The summed E-state index contributed by atoms with van der Waals surface area (Å²) in [5.41, 5.74) is 0. The quantitative estimate of drug-likeness (QED) is 0.481. The van der Waals surface area contributed by atoms with Crippen molar-refractivity contribution in [3.8, 4) is 5.75 Å². The van der Waals surface area contributed by atoms with E-state index in [2.05, 4.69) is 27.3 Å². The number of rotatable bonds is 1. The summed E-state index contributed by atoms with van der Waals surface area (Å²) in [4.78, 5) is 10.0. The number of carboxylic acid groups (broad SMARTS) is 1. The maximum Gasteiger partial charge on any atom is 0.511 e. The standard InChI is InChI=1S/C7H5IO3/c8-5-1-3-6(4-2-5)11-7(9)10/h1-4H,(H,9,10). The normalized spacial score (nSPS) is 9.18. The molecule has 1 N–H and O–H groups in total. The lowest BCUT2D eigenvalue weighted by Gasteiger charge is -1.97. The summed E-state index contributed by atoms with van der Waals surface area (Å²) in [6, 6.07) is 6.77. The average molecular weight is 264 g/mol. The summed E-state index contributed by atoms with van der Waals surface area (Å²) in [5.74, 6) is 0.345. The molecule has 0 aliphatic rings. The molecular formula is C7H5IO3. The Morgan fingerprint density at radius 3 is 2.36 bits per heavy atom. The van der Waals surface area contributed by atoms with Crippen LogP contribution in [0.3, 0.4) is 0 Å². The fourth-order valence-electron chi connectivity index (χ4n) is 0.603. The molecule has 0 unspecified atom stereocenters. The monoisotopic (exact) mass is 264 g/mol. The summed E-state index contributed by atoms with van der Waals surface area (Å²) in [5, 5.41) is 8.21. The van der Waals surface area contributed by atoms with Crippen molar-refractivity contribution < 1.29 is 14.6 Å². The van der Waals surface area contributed by atoms with Gasteiger partial charge < -0.3 is 9.84 Å². The minimum Gasteiger partial charge on any atom is -0.449 e. The SMILES string of the molecule is O=C(O)Oc1ccc(I)cc1. The highest BCUT2D eigenvalue weighted by molar-refractivity contribution is 14.1. The number of hydrogen-bond acceptors (Lipinski definition) is 2. The molecule has 0 aliphatic heterocycles. The summed E-state index contributed by atoms with van der Waals surface area (Å²) in [6.45, 7) is 0. The summed E-state index contributed by atoms with van der Waals surface area (Å²) in [7, 11) is 0. The van der Waals surface area contributed by atoms with E-state index < -0.39 is 6.16 Å². The molecule has 0 saturated carbocycles. The maximum atomic E-state index is 10.0. The van der Waals surface area contributed by atoms with Crippen LogP contribution in [-0.4, -0.2) is 11.3 Å². The Bertz CT molecular complexity index is 255. The van der Waals surface area contributed by atoms with Crippen molar-refractivity contribution in [2.24, 2.45) is 0 Å². The Kier molecular flexibility index (Phi) is 2.70. The van der Waals surface area contributed by atoms with Gasteiger partial charge >= 0.3 is 6.16 Å². The van der Waals surface area contributed by atoms with Crippen LogP contribution in [0.4, 0.5) is 4.79 Å². The van der Waals surface area contributed by atoms with Gasteiger partial charge in [-0.1, -0.05) is 0 Å². The number of ether oxygens (including phenoxy) is 1. The van der Waals surface area contributed by atoms with Crippen molar-refractivity contribution in [1.29, 1.82) is 0 Å². The molecule has 4 heteroatoms. The highest BCUT2D eigenvalue weighted by Gasteiger charge is 1.98. The van der Waals surface area contributed by atoms with Gasteiger partial charge in [0.25, 0.3) is 0 Å². The Labute approximate surface area is 77.1 Å². The van der Waals surface area contributed by atoms with Gasteiger partial charge in [-0.3, -0.25) is 0 Å². The van der Waals surface area contributed by atoms with E-state index >= 15 is 0 Å². The van der Waals surface area contributed by atoms with Crippen LogP contribution in [0.1, 0.15) is 0 Å². The maximum absolute atomic E-state index is 10.0. The van der Waals surface area contributed by atoms with Crippen molar-refractivity contribution in [3.05, 3.63) is 27.8 Å². The zero-order valence-electron chi connectivity index (χ0n) is 5.45. The van der Waals surface area contributed by atoms with E-state index in [0.717, 1.165) is 3.57 Å². The molecule has 0 spiro atoms. The van der Waals surface area contributed by atoms with Crippen LogP contribution in [-0.2, 0) is 0 Å². The van der Waals surface area contributed by atoms with E-state index in [-0.39, 0.29) is 0 Å². The lowest BCUT2D eigenvalue weighted by Crippen LogP contribution is -2.02. The number of halogens is 1. The molecule has 11 heavy (non-hydrogen) atoms. The number of hydrogen-bond donors (Lipinski definition) is 1. The molecular weight excluding hydrogens is 259 g/mol. The topological polar surface area (TPSA) is 46.5 Å². The van der Waals surface area contributed by atoms with Crippen LogP contribution >= 0.6 is 22.6 Å². The lowest BCUT2D eigenvalue weighted by atomic mass is 10.3. The van der Waals surface area contributed by atoms with Crippen molar-refractivity contribution in [2.45, 2.75) is 0 Å². The molecule has 0 aromatic heterocycles. The van der Waals surface area contributed by atoms with E-state index in [9.17, 15) is 4.79 Å². The van der Waals surface area contributed by atoms with Gasteiger partial charge in [-0.25, -0.2) is 4.79 Å². The van der Waals surface area contributed by atoms with Gasteiger partial charge in [0.2, 0.25) is 0 Å². The van der Waals surface area contributed by atoms with E-state index in [1.54, 1.807) is 24.3 Å². The smallest absolute Gasteiger partial charge is 0.449 e. The van der Waals surface area contributed by atoms with Crippen molar-refractivity contribution in [2.75, 3.05) is 0 Å². The molecule has 1 aromatic rings. The molecule has 1 aromatic carbocycles. The molecule has 0 fully saturated rings. The molecule has 0 saturated heterocycles. The first kappa shape index (κ1) is 8.32. The number of carbonyl (C=O) groups is 1. The number of benzene rings is 1. The van der Waals surface area contributed by atoms with Crippen molar-refractivity contribution in [1.82, 2.24) is 0 Å². The molecule has 0 heterocycles. The zero-order valence-corrected chi connectivity index (χ0v) is 7.61. The minimum absolute atomic E-state index is 0.345. The molecule has 0 bridgehead atoms. The molecule has 0 atom stereocenters. The van der Waals surface area contributed by atoms with Crippen LogP contribution in [0.2, 0.25) is 0 Å². The Morgan fingerprint density at radius 2 is 1.91 bits per heavy atom. The van der Waals surface area contributed by atoms with Gasteiger partial charge in [-0.15, -0.1) is 0 Å². The highest BCUT2D eigenvalue weighted by Crippen LogP contribution is 2.13. The fourth-order valence-corrected chi connectivity index (χ4v) is 0.963. The second-order valence-electron chi connectivity index (χ2n) is 1.82. The van der Waals surface area contributed by atoms with Crippen LogP contribution in [0.15, 0.2) is 24.3 Å². The largest absolute Gasteiger partial charge is 0.511 e. The Hall–Kier alpha value is -0.780. The fraction of sp³-hybridized carbons (Fsp3) is 0. The third-order valence-corrected chi connectivity index (χ3v) is 1.74. The first-order chi connectivity index (χ1) is 5.18. The van der Waals surface area contributed by atoms with E-state index in [4.69, 9.17) is 5.11 Å². The summed E-state index contributed by atoms with van der Waals surface area (Å²) >= 11 is 2.13. The second kappa shape index (κ2) is 3.56. The predicted molar refractivity (Wildman–Crippen MR) is 47.8 cm³/mol. The van der Waals surface area contributed by atoms with Crippen molar-refractivity contribution >= 4 is 28.7 Å². The molecule has 0 radical (unpaired) electrons. The summed E-state index contributed by atoms with van der Waals surface area (Å²) in [6.07, 6.45) is -1.29. The van der Waals surface area contributed by atoms with Gasteiger partial charge in [-0.05, 0) is 46.9 Å². The molecule has 3 nitrogen and oxygen atoms in total. The van der Waals surface area contributed by atoms with Crippen LogP contribution in [0.5, 0.6) is 5.75 Å². The molecule has 0 aliphatic carbocycles. The first-order valence-corrected chi connectivity index (χ1v) is 3.93. The first-order valence-electron chi connectivity index (χ1n) is 2.85. The third kappa shape index (κ3) is 2.75. The van der Waals surface area contributed by atoms with Gasteiger partial charge in [0.05, 0.1) is 0 Å². The van der Waals surface area contributed by atoms with Gasteiger partial charge in [0.15, 0.2) is 0 Å². The Balaban J connectivity index is 2.74. The zero-order chi connectivity index (χ0) is 8.27. The highest BCUT2D eigenvalue weighted by atomic mass is 127. The second-order valence-corrected chi connectivity index (χ2v) is 3.07. The average Bonchev–Trinajstić information content (AvgIpc) is 1.93. The van der Waals surface area contributed by atoms with E-state index in [1.165, 1.54) is 0 Å². The van der Waals surface area contributed by atoms with Gasteiger partial charge in [0, 0.05) is 3.57 Å². The van der Waals surface area contributed by atoms with Crippen molar-refractivity contribution in [3.63, 3.8) is 0 Å². The molecule has 58 valence electrons. The van der Waals surface area contributed by atoms with Gasteiger partial charge in [0.1, 0.15) is 5.75 Å². The van der Waals surface area contributed by atoms with E-state index in [0.29, 0.717) is 5.75 Å². The molecule has 0 amide bonds. The Morgan fingerprint density at radius 1 is 1.36 bits per heavy atom. The third-order valence-electron chi connectivity index (χ3n) is 1.02. The van der Waals surface area contributed by atoms with Crippen LogP contribution in [0, 0.1) is 3.57 Å². The predicted octanol–water partition coefficient (Wildman–Crippen LogP) is 2.35. The molecule has 1 rings (SSSR count). The minimum atomic E-state index is -1.29. The van der Waals surface area contributed by atoms with Crippen LogP contribution < -0.4 is 4.74 Å². The summed E-state index contributed by atoms with van der Waals surface area (Å²) < 4.78 is 5.42. The van der Waals surface area contributed by atoms with E-state index in [1.807, 2.05) is 0 Å².